The Kier molecular flexibility index (Phi) is 3.17. The van der Waals surface area contributed by atoms with Crippen molar-refractivity contribution in [2.75, 3.05) is 13.2 Å². The molecule has 1 N–H and O–H groups in total. The third-order valence-corrected chi connectivity index (χ3v) is 4.32. The van der Waals surface area contributed by atoms with Gasteiger partial charge in [0.15, 0.2) is 0 Å². The minimum atomic E-state index is -0.175. The number of ether oxygens (including phenoxy) is 1. The van der Waals surface area contributed by atoms with E-state index >= 15 is 0 Å². The number of aliphatic hydroxyl groups excluding tert-OH is 1. The topological polar surface area (TPSA) is 29.5 Å². The first-order valence-corrected chi connectivity index (χ1v) is 6.67. The molecule has 17 heavy (non-hydrogen) atoms. The van der Waals surface area contributed by atoms with Crippen LogP contribution in [0.15, 0.2) is 24.3 Å². The van der Waals surface area contributed by atoms with Crippen LogP contribution in [0.1, 0.15) is 24.0 Å². The monoisotopic (exact) mass is 232 g/mol. The summed E-state index contributed by atoms with van der Waals surface area (Å²) in [6.45, 7) is 1.57. The second-order valence-corrected chi connectivity index (χ2v) is 5.39. The second kappa shape index (κ2) is 4.79. The van der Waals surface area contributed by atoms with Crippen molar-refractivity contribution in [3.05, 3.63) is 35.4 Å². The average Bonchev–Trinajstić information content (AvgIpc) is 2.91. The molecule has 1 saturated heterocycles. The van der Waals surface area contributed by atoms with Crippen LogP contribution in [-0.2, 0) is 17.6 Å². The molecule has 1 heterocycles. The Morgan fingerprint density at radius 3 is 2.71 bits per heavy atom. The fraction of sp³-hybridized carbons (Fsp3) is 0.600. The Morgan fingerprint density at radius 2 is 1.94 bits per heavy atom. The van der Waals surface area contributed by atoms with Crippen LogP contribution in [0.5, 0.6) is 0 Å². The van der Waals surface area contributed by atoms with Crippen LogP contribution in [0.2, 0.25) is 0 Å². The molecule has 0 amide bonds. The van der Waals surface area contributed by atoms with Crippen LogP contribution < -0.4 is 0 Å². The molecular formula is C15H20O2. The van der Waals surface area contributed by atoms with Gasteiger partial charge in [0.05, 0.1) is 12.7 Å². The molecule has 0 radical (unpaired) electrons. The number of rotatable bonds is 2. The molecule has 3 rings (SSSR count). The summed E-state index contributed by atoms with van der Waals surface area (Å²) >= 11 is 0. The van der Waals surface area contributed by atoms with Crippen LogP contribution in [0, 0.1) is 11.8 Å². The van der Waals surface area contributed by atoms with Gasteiger partial charge in [0.2, 0.25) is 0 Å². The molecule has 2 nitrogen and oxygen atoms in total. The molecule has 3 unspecified atom stereocenters. The molecule has 1 aliphatic carbocycles. The van der Waals surface area contributed by atoms with Crippen molar-refractivity contribution < 1.29 is 9.84 Å². The first kappa shape index (κ1) is 11.2. The van der Waals surface area contributed by atoms with E-state index in [-0.39, 0.29) is 6.10 Å². The first-order valence-electron chi connectivity index (χ1n) is 6.67. The summed E-state index contributed by atoms with van der Waals surface area (Å²) in [6.07, 6.45) is 4.12. The Labute approximate surface area is 103 Å². The van der Waals surface area contributed by atoms with Gasteiger partial charge in [-0.25, -0.2) is 0 Å². The summed E-state index contributed by atoms with van der Waals surface area (Å²) in [5.41, 5.74) is 2.90. The van der Waals surface area contributed by atoms with Gasteiger partial charge in [-0.15, -0.1) is 0 Å². The lowest BCUT2D eigenvalue weighted by atomic mass is 9.77. The van der Waals surface area contributed by atoms with Gasteiger partial charge < -0.3 is 9.84 Å². The molecule has 2 aliphatic rings. The summed E-state index contributed by atoms with van der Waals surface area (Å²) in [6, 6.07) is 8.64. The molecule has 1 aliphatic heterocycles. The van der Waals surface area contributed by atoms with E-state index in [1.54, 1.807) is 0 Å². The zero-order valence-electron chi connectivity index (χ0n) is 10.1. The van der Waals surface area contributed by atoms with Crippen molar-refractivity contribution in [3.63, 3.8) is 0 Å². The zero-order valence-corrected chi connectivity index (χ0v) is 10.1. The second-order valence-electron chi connectivity index (χ2n) is 5.39. The standard InChI is InChI=1S/C15H20O2/c16-15(14-7-8-17-10-14)13-6-5-11-3-1-2-4-12(11)9-13/h1-4,13-16H,5-10H2. The van der Waals surface area contributed by atoms with E-state index in [4.69, 9.17) is 4.74 Å². The van der Waals surface area contributed by atoms with Gasteiger partial charge in [-0.1, -0.05) is 24.3 Å². The summed E-state index contributed by atoms with van der Waals surface area (Å²) in [4.78, 5) is 0. The number of fused-ring (bicyclic) bond motifs is 1. The molecule has 1 fully saturated rings. The number of aryl methyl sites for hydroxylation is 1. The van der Waals surface area contributed by atoms with Crippen LogP contribution >= 0.6 is 0 Å². The molecule has 0 saturated carbocycles. The number of hydrogen-bond acceptors (Lipinski definition) is 2. The minimum absolute atomic E-state index is 0.175. The Hall–Kier alpha value is -0.860. The molecule has 1 aromatic rings. The zero-order chi connectivity index (χ0) is 11.7. The lowest BCUT2D eigenvalue weighted by Crippen LogP contribution is -2.33. The maximum atomic E-state index is 10.4. The largest absolute Gasteiger partial charge is 0.392 e. The summed E-state index contributed by atoms with van der Waals surface area (Å²) in [5.74, 6) is 0.793. The van der Waals surface area contributed by atoms with Crippen molar-refractivity contribution in [2.24, 2.45) is 11.8 Å². The van der Waals surface area contributed by atoms with Crippen LogP contribution in [0.25, 0.3) is 0 Å². The SMILES string of the molecule is OC(C1CCOC1)C1CCc2ccccc2C1. The van der Waals surface area contributed by atoms with Crippen molar-refractivity contribution in [3.8, 4) is 0 Å². The lowest BCUT2D eigenvalue weighted by Gasteiger charge is -2.31. The first-order chi connectivity index (χ1) is 8.34. The molecule has 3 atom stereocenters. The molecule has 2 heteroatoms. The molecule has 92 valence electrons. The highest BCUT2D eigenvalue weighted by molar-refractivity contribution is 5.29. The fourth-order valence-electron chi connectivity index (χ4n) is 3.22. The van der Waals surface area contributed by atoms with Gasteiger partial charge >= 0.3 is 0 Å². The number of benzene rings is 1. The van der Waals surface area contributed by atoms with Crippen molar-refractivity contribution >= 4 is 0 Å². The summed E-state index contributed by atoms with van der Waals surface area (Å²) in [5, 5.41) is 10.4. The van der Waals surface area contributed by atoms with Crippen LogP contribution in [-0.4, -0.2) is 24.4 Å². The molecule has 0 aromatic heterocycles. The number of hydrogen-bond donors (Lipinski definition) is 1. The van der Waals surface area contributed by atoms with E-state index in [0.29, 0.717) is 11.8 Å². The predicted octanol–water partition coefficient (Wildman–Crippen LogP) is 2.19. The van der Waals surface area contributed by atoms with Crippen molar-refractivity contribution in [2.45, 2.75) is 31.8 Å². The van der Waals surface area contributed by atoms with E-state index in [0.717, 1.165) is 38.9 Å². The molecule has 1 aromatic carbocycles. The number of aliphatic hydroxyl groups is 1. The van der Waals surface area contributed by atoms with E-state index in [1.807, 2.05) is 0 Å². The third-order valence-electron chi connectivity index (χ3n) is 4.32. The summed E-state index contributed by atoms with van der Waals surface area (Å²) in [7, 11) is 0. The highest BCUT2D eigenvalue weighted by Crippen LogP contribution is 2.32. The quantitative estimate of drug-likeness (QED) is 0.847. The van der Waals surface area contributed by atoms with Gasteiger partial charge in [-0.3, -0.25) is 0 Å². The fourth-order valence-corrected chi connectivity index (χ4v) is 3.22. The van der Waals surface area contributed by atoms with E-state index in [1.165, 1.54) is 11.1 Å². The predicted molar refractivity (Wildman–Crippen MR) is 66.9 cm³/mol. The van der Waals surface area contributed by atoms with E-state index in [2.05, 4.69) is 24.3 Å². The lowest BCUT2D eigenvalue weighted by molar-refractivity contribution is 0.0374. The van der Waals surface area contributed by atoms with Crippen molar-refractivity contribution in [1.82, 2.24) is 0 Å². The third kappa shape index (κ3) is 2.24. The smallest absolute Gasteiger partial charge is 0.0622 e. The molecule has 0 bridgehead atoms. The molecule has 0 spiro atoms. The van der Waals surface area contributed by atoms with Gasteiger partial charge in [-0.05, 0) is 42.7 Å². The minimum Gasteiger partial charge on any atom is -0.392 e. The van der Waals surface area contributed by atoms with E-state index < -0.39 is 0 Å². The van der Waals surface area contributed by atoms with Gasteiger partial charge in [0, 0.05) is 12.5 Å². The average molecular weight is 232 g/mol. The Morgan fingerprint density at radius 1 is 1.12 bits per heavy atom. The van der Waals surface area contributed by atoms with Crippen LogP contribution in [0.4, 0.5) is 0 Å². The Balaban J connectivity index is 1.70. The van der Waals surface area contributed by atoms with Crippen molar-refractivity contribution in [1.29, 1.82) is 0 Å². The highest BCUT2D eigenvalue weighted by atomic mass is 16.5. The summed E-state index contributed by atoms with van der Waals surface area (Å²) < 4.78 is 5.38. The van der Waals surface area contributed by atoms with Gasteiger partial charge in [0.1, 0.15) is 0 Å². The molecular weight excluding hydrogens is 212 g/mol. The maximum absolute atomic E-state index is 10.4. The van der Waals surface area contributed by atoms with E-state index in [9.17, 15) is 5.11 Å². The van der Waals surface area contributed by atoms with Crippen LogP contribution in [0.3, 0.4) is 0 Å². The Bertz CT molecular complexity index is 382. The van der Waals surface area contributed by atoms with Gasteiger partial charge in [-0.2, -0.15) is 0 Å². The normalized spacial score (nSPS) is 29.9. The maximum Gasteiger partial charge on any atom is 0.0622 e. The van der Waals surface area contributed by atoms with Gasteiger partial charge in [0.25, 0.3) is 0 Å². The highest BCUT2D eigenvalue weighted by Gasteiger charge is 2.32.